The van der Waals surface area contributed by atoms with E-state index >= 15 is 0 Å². The molecule has 2 aromatic rings. The summed E-state index contributed by atoms with van der Waals surface area (Å²) in [6.45, 7) is 2.44. The largest absolute Gasteiger partial charge is 0.381 e. The Balaban J connectivity index is 2.16. The highest BCUT2D eigenvalue weighted by molar-refractivity contribution is 6.32. The van der Waals surface area contributed by atoms with Crippen LogP contribution in [0.4, 0.5) is 11.4 Å². The molecule has 7 heteroatoms. The number of rotatable bonds is 4. The van der Waals surface area contributed by atoms with Gasteiger partial charge >= 0.3 is 0 Å². The molecule has 1 aromatic heterocycles. The van der Waals surface area contributed by atoms with Gasteiger partial charge in [-0.2, -0.15) is 5.26 Å². The first-order valence-corrected chi connectivity index (χ1v) is 6.55. The number of nitrogens with zero attached hydrogens (tertiary/aromatic N) is 3. The van der Waals surface area contributed by atoms with Crippen LogP contribution < -0.4 is 5.32 Å². The maximum absolute atomic E-state index is 10.7. The number of hydrogen-bond acceptors (Lipinski definition) is 4. The molecule has 0 aliphatic rings. The van der Waals surface area contributed by atoms with Crippen molar-refractivity contribution in [2.75, 3.05) is 5.32 Å². The molecule has 6 nitrogen and oxygen atoms in total. The molecule has 108 valence electrons. The summed E-state index contributed by atoms with van der Waals surface area (Å²) < 4.78 is 1.82. The van der Waals surface area contributed by atoms with Gasteiger partial charge in [-0.25, -0.2) is 0 Å². The third-order valence-electron chi connectivity index (χ3n) is 3.38. The summed E-state index contributed by atoms with van der Waals surface area (Å²) in [7, 11) is 1.83. The fraction of sp³-hybridized carbons (Fsp3) is 0.214. The second-order valence-corrected chi connectivity index (χ2v) is 5.00. The maximum atomic E-state index is 10.7. The molecule has 0 unspecified atom stereocenters. The van der Waals surface area contributed by atoms with Crippen molar-refractivity contribution in [2.45, 2.75) is 13.5 Å². The van der Waals surface area contributed by atoms with Crippen molar-refractivity contribution in [2.24, 2.45) is 7.05 Å². The van der Waals surface area contributed by atoms with E-state index in [2.05, 4.69) is 11.4 Å². The lowest BCUT2D eigenvalue weighted by Crippen LogP contribution is -2.01. The summed E-state index contributed by atoms with van der Waals surface area (Å²) >= 11 is 5.86. The normalized spacial score (nSPS) is 10.2. The fourth-order valence-electron chi connectivity index (χ4n) is 2.01. The minimum absolute atomic E-state index is 0.0903. The maximum Gasteiger partial charge on any atom is 0.288 e. The van der Waals surface area contributed by atoms with Gasteiger partial charge in [-0.1, -0.05) is 11.6 Å². The molecule has 0 saturated heterocycles. The Morgan fingerprint density at radius 2 is 2.19 bits per heavy atom. The van der Waals surface area contributed by atoms with E-state index in [0.29, 0.717) is 17.9 Å². The van der Waals surface area contributed by atoms with Crippen molar-refractivity contribution in [1.82, 2.24) is 4.57 Å². The van der Waals surface area contributed by atoms with E-state index in [4.69, 9.17) is 16.9 Å². The summed E-state index contributed by atoms with van der Waals surface area (Å²) in [6, 6.07) is 8.42. The summed E-state index contributed by atoms with van der Waals surface area (Å²) in [5, 5.41) is 22.9. The van der Waals surface area contributed by atoms with Crippen molar-refractivity contribution in [3.05, 3.63) is 56.4 Å². The molecule has 1 heterocycles. The monoisotopic (exact) mass is 304 g/mol. The van der Waals surface area contributed by atoms with Crippen LogP contribution in [0.3, 0.4) is 0 Å². The lowest BCUT2D eigenvalue weighted by atomic mass is 10.2. The average molecular weight is 305 g/mol. The molecule has 2 rings (SSSR count). The first-order valence-electron chi connectivity index (χ1n) is 6.17. The molecule has 0 saturated carbocycles. The Kier molecular flexibility index (Phi) is 4.15. The van der Waals surface area contributed by atoms with Crippen molar-refractivity contribution in [3.8, 4) is 6.07 Å². The highest BCUT2D eigenvalue weighted by Gasteiger charge is 2.13. The van der Waals surface area contributed by atoms with E-state index < -0.39 is 4.92 Å². The van der Waals surface area contributed by atoms with Crippen LogP contribution in [0.15, 0.2) is 24.3 Å². The summed E-state index contributed by atoms with van der Waals surface area (Å²) in [5.41, 5.74) is 3.14. The molecule has 0 radical (unpaired) electrons. The fourth-order valence-corrected chi connectivity index (χ4v) is 2.26. The minimum atomic E-state index is -0.521. The quantitative estimate of drug-likeness (QED) is 0.693. The first-order chi connectivity index (χ1) is 9.93. The van der Waals surface area contributed by atoms with Gasteiger partial charge in [0, 0.05) is 31.0 Å². The van der Waals surface area contributed by atoms with Gasteiger partial charge in [0.05, 0.1) is 4.92 Å². The SMILES string of the molecule is Cc1c(CNc2ccc([N+](=O)[O-])c(Cl)c2)cc(C#N)n1C. The molecule has 0 bridgehead atoms. The Morgan fingerprint density at radius 3 is 2.71 bits per heavy atom. The number of halogens is 1. The van der Waals surface area contributed by atoms with E-state index in [1.807, 2.05) is 24.6 Å². The number of nitriles is 1. The molecular weight excluding hydrogens is 292 g/mol. The van der Waals surface area contributed by atoms with E-state index in [0.717, 1.165) is 11.3 Å². The van der Waals surface area contributed by atoms with Gasteiger partial charge in [-0.15, -0.1) is 0 Å². The molecule has 0 fully saturated rings. The second kappa shape index (κ2) is 5.85. The molecule has 0 atom stereocenters. The van der Waals surface area contributed by atoms with E-state index in [-0.39, 0.29) is 10.7 Å². The van der Waals surface area contributed by atoms with Crippen LogP contribution in [0.2, 0.25) is 5.02 Å². The van der Waals surface area contributed by atoms with Crippen molar-refractivity contribution < 1.29 is 4.92 Å². The van der Waals surface area contributed by atoms with Gasteiger partial charge in [-0.05, 0) is 30.7 Å². The van der Waals surface area contributed by atoms with E-state index in [1.165, 1.54) is 12.1 Å². The molecular formula is C14H13ClN4O2. The van der Waals surface area contributed by atoms with Crippen molar-refractivity contribution >= 4 is 23.0 Å². The second-order valence-electron chi connectivity index (χ2n) is 4.59. The zero-order valence-electron chi connectivity index (χ0n) is 11.6. The predicted molar refractivity (Wildman–Crippen MR) is 80.3 cm³/mol. The van der Waals surface area contributed by atoms with Crippen LogP contribution >= 0.6 is 11.6 Å². The minimum Gasteiger partial charge on any atom is -0.381 e. The van der Waals surface area contributed by atoms with Crippen molar-refractivity contribution in [3.63, 3.8) is 0 Å². The van der Waals surface area contributed by atoms with Crippen molar-refractivity contribution in [1.29, 1.82) is 5.26 Å². The molecule has 0 amide bonds. The molecule has 0 aliphatic carbocycles. The van der Waals surface area contributed by atoms with E-state index in [9.17, 15) is 10.1 Å². The number of benzene rings is 1. The van der Waals surface area contributed by atoms with Gasteiger partial charge in [0.25, 0.3) is 5.69 Å². The highest BCUT2D eigenvalue weighted by Crippen LogP contribution is 2.27. The van der Waals surface area contributed by atoms with Gasteiger partial charge in [0.1, 0.15) is 16.8 Å². The zero-order valence-corrected chi connectivity index (χ0v) is 12.3. The number of nitrogens with one attached hydrogen (secondary N) is 1. The van der Waals surface area contributed by atoms with Crippen LogP contribution in [0.25, 0.3) is 0 Å². The van der Waals surface area contributed by atoms with Gasteiger partial charge in [0.15, 0.2) is 0 Å². The summed E-state index contributed by atoms with van der Waals surface area (Å²) in [5.74, 6) is 0. The average Bonchev–Trinajstić information content (AvgIpc) is 2.72. The third kappa shape index (κ3) is 2.98. The highest BCUT2D eigenvalue weighted by atomic mass is 35.5. The Hall–Kier alpha value is -2.52. The molecule has 0 aliphatic heterocycles. The van der Waals surface area contributed by atoms with Gasteiger partial charge in [0.2, 0.25) is 0 Å². The number of aromatic nitrogens is 1. The molecule has 0 spiro atoms. The van der Waals surface area contributed by atoms with Gasteiger partial charge < -0.3 is 9.88 Å². The number of hydrogen-bond donors (Lipinski definition) is 1. The summed E-state index contributed by atoms with van der Waals surface area (Å²) in [6.07, 6.45) is 0. The molecule has 21 heavy (non-hydrogen) atoms. The lowest BCUT2D eigenvalue weighted by molar-refractivity contribution is -0.384. The van der Waals surface area contributed by atoms with Crippen LogP contribution in [0, 0.1) is 28.4 Å². The zero-order chi connectivity index (χ0) is 15.6. The molecule has 1 aromatic carbocycles. The Morgan fingerprint density at radius 1 is 1.48 bits per heavy atom. The number of nitro benzene ring substituents is 1. The number of nitro groups is 1. The van der Waals surface area contributed by atoms with Crippen LogP contribution in [0.5, 0.6) is 0 Å². The first kappa shape index (κ1) is 14.9. The molecule has 1 N–H and O–H groups in total. The number of anilines is 1. The topological polar surface area (TPSA) is 83.9 Å². The van der Waals surface area contributed by atoms with Crippen LogP contribution in [-0.4, -0.2) is 9.49 Å². The van der Waals surface area contributed by atoms with Gasteiger partial charge in [-0.3, -0.25) is 10.1 Å². The lowest BCUT2D eigenvalue weighted by Gasteiger charge is -2.07. The smallest absolute Gasteiger partial charge is 0.288 e. The van der Waals surface area contributed by atoms with Crippen LogP contribution in [-0.2, 0) is 13.6 Å². The Labute approximate surface area is 126 Å². The third-order valence-corrected chi connectivity index (χ3v) is 3.68. The van der Waals surface area contributed by atoms with E-state index in [1.54, 1.807) is 6.07 Å². The standard InChI is InChI=1S/C14H13ClN4O2/c1-9-10(5-12(7-16)18(9)2)8-17-11-3-4-14(19(20)21)13(15)6-11/h3-6,17H,8H2,1-2H3. The predicted octanol–water partition coefficient (Wildman–Crippen LogP) is 3.38. The van der Waals surface area contributed by atoms with Crippen LogP contribution in [0.1, 0.15) is 17.0 Å². The Bertz CT molecular complexity index is 746. The summed E-state index contributed by atoms with van der Waals surface area (Å²) in [4.78, 5) is 10.2.